The number of nitrogens with one attached hydrogen (secondary N) is 1. The highest BCUT2D eigenvalue weighted by Crippen LogP contribution is 2.36. The van der Waals surface area contributed by atoms with Gasteiger partial charge in [0.1, 0.15) is 5.75 Å². The molecule has 2 amide bonds. The van der Waals surface area contributed by atoms with Gasteiger partial charge in [-0.05, 0) is 59.4 Å². The number of Topliss-reactive ketones (excluding diaryl/α,β-unsaturated/α-hetero) is 1. The third-order valence-electron chi connectivity index (χ3n) is 6.05. The predicted molar refractivity (Wildman–Crippen MR) is 141 cm³/mol. The van der Waals surface area contributed by atoms with E-state index in [0.717, 1.165) is 24.0 Å². The van der Waals surface area contributed by atoms with Crippen molar-refractivity contribution in [1.29, 1.82) is 0 Å². The van der Waals surface area contributed by atoms with Crippen LogP contribution in [0.2, 0.25) is 0 Å². The Morgan fingerprint density at radius 1 is 1.03 bits per heavy atom. The Morgan fingerprint density at radius 2 is 1.69 bits per heavy atom. The number of anilines is 1. The summed E-state index contributed by atoms with van der Waals surface area (Å²) in [5.74, 6) is 0.257. The summed E-state index contributed by atoms with van der Waals surface area (Å²) >= 11 is 0. The van der Waals surface area contributed by atoms with Crippen molar-refractivity contribution >= 4 is 23.3 Å². The number of ketones is 1. The molecule has 0 saturated carbocycles. The maximum atomic E-state index is 13.3. The lowest BCUT2D eigenvalue weighted by Gasteiger charge is -2.25. The fraction of sp³-hybridized carbons (Fsp3) is 0.483. The van der Waals surface area contributed by atoms with Crippen LogP contribution in [0.1, 0.15) is 105 Å². The van der Waals surface area contributed by atoms with Crippen LogP contribution in [-0.4, -0.2) is 24.7 Å². The minimum absolute atomic E-state index is 0.0829. The fourth-order valence-electron chi connectivity index (χ4n) is 4.36. The zero-order valence-corrected chi connectivity index (χ0v) is 22.2. The van der Waals surface area contributed by atoms with Gasteiger partial charge in [0.25, 0.3) is 0 Å². The average molecular weight is 481 g/mol. The lowest BCUT2D eigenvalue weighted by Crippen LogP contribution is -2.22. The minimum Gasteiger partial charge on any atom is -0.496 e. The molecule has 3 N–H and O–H groups in total. The fourth-order valence-corrected chi connectivity index (χ4v) is 4.36. The summed E-state index contributed by atoms with van der Waals surface area (Å²) in [5.41, 5.74) is 8.64. The molecule has 0 heterocycles. The molecule has 0 fully saturated rings. The summed E-state index contributed by atoms with van der Waals surface area (Å²) in [6.07, 6.45) is 2.29. The second-order valence-corrected chi connectivity index (χ2v) is 10.6. The molecular formula is C29H40N2O4. The second-order valence-electron chi connectivity index (χ2n) is 10.6. The number of methoxy groups -OCH3 is 1. The van der Waals surface area contributed by atoms with Gasteiger partial charge < -0.3 is 15.8 Å². The van der Waals surface area contributed by atoms with E-state index in [0.29, 0.717) is 34.9 Å². The van der Waals surface area contributed by atoms with Crippen molar-refractivity contribution in [2.75, 3.05) is 12.4 Å². The van der Waals surface area contributed by atoms with Gasteiger partial charge in [0.15, 0.2) is 5.78 Å². The lowest BCUT2D eigenvalue weighted by atomic mass is 9.84. The Bertz CT molecular complexity index is 1070. The van der Waals surface area contributed by atoms with Crippen LogP contribution in [0.4, 0.5) is 5.69 Å². The molecule has 2 aromatic rings. The average Bonchev–Trinajstić information content (AvgIpc) is 2.77. The molecule has 0 aliphatic rings. The van der Waals surface area contributed by atoms with Gasteiger partial charge in [-0.2, -0.15) is 0 Å². The van der Waals surface area contributed by atoms with E-state index in [2.05, 4.69) is 39.9 Å². The van der Waals surface area contributed by atoms with Crippen LogP contribution in [-0.2, 0) is 10.2 Å². The molecule has 6 heteroatoms. The van der Waals surface area contributed by atoms with Crippen molar-refractivity contribution in [3.05, 3.63) is 58.7 Å². The molecule has 6 nitrogen and oxygen atoms in total. The number of amides is 2. The summed E-state index contributed by atoms with van der Waals surface area (Å²) in [4.78, 5) is 37.4. The van der Waals surface area contributed by atoms with E-state index in [1.54, 1.807) is 25.3 Å². The zero-order chi connectivity index (χ0) is 26.3. The molecule has 0 spiro atoms. The van der Waals surface area contributed by atoms with E-state index in [1.807, 2.05) is 25.1 Å². The molecule has 0 aliphatic heterocycles. The molecule has 35 heavy (non-hydrogen) atoms. The van der Waals surface area contributed by atoms with E-state index >= 15 is 0 Å². The van der Waals surface area contributed by atoms with E-state index in [9.17, 15) is 14.4 Å². The summed E-state index contributed by atoms with van der Waals surface area (Å²) in [6, 6.07) is 10.7. The monoisotopic (exact) mass is 480 g/mol. The number of carbonyl (C=O) groups is 3. The molecule has 0 saturated heterocycles. The Balaban J connectivity index is 2.38. The van der Waals surface area contributed by atoms with Crippen LogP contribution in [0.25, 0.3) is 0 Å². The maximum Gasteiger partial charge on any atom is 0.248 e. The summed E-state index contributed by atoms with van der Waals surface area (Å²) < 4.78 is 5.65. The molecule has 2 aromatic carbocycles. The van der Waals surface area contributed by atoms with Crippen LogP contribution in [0.3, 0.4) is 0 Å². The van der Waals surface area contributed by atoms with Crippen LogP contribution in [0, 0.1) is 5.92 Å². The van der Waals surface area contributed by atoms with Gasteiger partial charge in [-0.25, -0.2) is 0 Å². The summed E-state index contributed by atoms with van der Waals surface area (Å²) in [7, 11) is 1.59. The van der Waals surface area contributed by atoms with Gasteiger partial charge in [-0.1, -0.05) is 59.7 Å². The first-order valence-electron chi connectivity index (χ1n) is 12.3. The Labute approximate surface area is 209 Å². The first-order chi connectivity index (χ1) is 16.4. The lowest BCUT2D eigenvalue weighted by molar-refractivity contribution is -0.116. The van der Waals surface area contributed by atoms with Crippen LogP contribution in [0.5, 0.6) is 5.75 Å². The van der Waals surface area contributed by atoms with Crippen molar-refractivity contribution in [2.24, 2.45) is 11.7 Å². The van der Waals surface area contributed by atoms with Gasteiger partial charge in [0.2, 0.25) is 11.8 Å². The molecule has 190 valence electrons. The van der Waals surface area contributed by atoms with Crippen molar-refractivity contribution in [1.82, 2.24) is 0 Å². The van der Waals surface area contributed by atoms with Crippen LogP contribution < -0.4 is 15.8 Å². The van der Waals surface area contributed by atoms with Crippen molar-refractivity contribution in [3.8, 4) is 5.75 Å². The predicted octanol–water partition coefficient (Wildman–Crippen LogP) is 6.23. The number of rotatable bonds is 11. The first kappa shape index (κ1) is 28.1. The number of ether oxygens (including phenoxy) is 1. The molecular weight excluding hydrogens is 440 g/mol. The van der Waals surface area contributed by atoms with Crippen molar-refractivity contribution < 1.29 is 19.1 Å². The van der Waals surface area contributed by atoms with Gasteiger partial charge >= 0.3 is 0 Å². The zero-order valence-electron chi connectivity index (χ0n) is 22.2. The second kappa shape index (κ2) is 12.0. The van der Waals surface area contributed by atoms with Crippen LogP contribution in [0.15, 0.2) is 36.4 Å². The van der Waals surface area contributed by atoms with E-state index in [4.69, 9.17) is 10.5 Å². The third kappa shape index (κ3) is 7.67. The summed E-state index contributed by atoms with van der Waals surface area (Å²) in [5, 5.41) is 3.03. The Kier molecular flexibility index (Phi) is 9.64. The SMILES string of the molecule is CCCC(=O)c1ccc(C(CC(=O)Nc2cc(C(N)=O)ccc2C(C)(C)C)CC(C)C)c(OC)c1. The quantitative estimate of drug-likeness (QED) is 0.372. The molecule has 1 atom stereocenters. The van der Waals surface area contributed by atoms with Crippen molar-refractivity contribution in [3.63, 3.8) is 0 Å². The van der Waals surface area contributed by atoms with Gasteiger partial charge in [-0.3, -0.25) is 14.4 Å². The third-order valence-corrected chi connectivity index (χ3v) is 6.05. The number of benzene rings is 2. The van der Waals surface area contributed by atoms with Gasteiger partial charge in [-0.15, -0.1) is 0 Å². The van der Waals surface area contributed by atoms with Crippen molar-refractivity contribution in [2.45, 2.75) is 78.6 Å². The van der Waals surface area contributed by atoms with E-state index in [1.165, 1.54) is 0 Å². The highest BCUT2D eigenvalue weighted by molar-refractivity contribution is 5.98. The molecule has 1 unspecified atom stereocenters. The minimum atomic E-state index is -0.541. The van der Waals surface area contributed by atoms with Gasteiger partial charge in [0.05, 0.1) is 7.11 Å². The standard InChI is InChI=1S/C29H40N2O4/c1-8-9-25(32)19-10-12-22(26(16-19)35-7)21(14-18(2)3)17-27(33)31-24-15-20(28(30)34)11-13-23(24)29(4,5)6/h10-13,15-16,18,21H,8-9,14,17H2,1-7H3,(H2,30,34)(H,31,33). The highest BCUT2D eigenvalue weighted by Gasteiger charge is 2.25. The largest absolute Gasteiger partial charge is 0.496 e. The smallest absolute Gasteiger partial charge is 0.248 e. The number of carbonyl (C=O) groups excluding carboxylic acids is 3. The molecule has 0 aliphatic carbocycles. The normalized spacial score (nSPS) is 12.3. The van der Waals surface area contributed by atoms with E-state index < -0.39 is 5.91 Å². The Morgan fingerprint density at radius 3 is 2.23 bits per heavy atom. The number of hydrogen-bond donors (Lipinski definition) is 2. The number of primary amides is 1. The Hall–Kier alpha value is -3.15. The molecule has 0 aromatic heterocycles. The number of nitrogens with two attached hydrogens (primary N) is 1. The molecule has 0 bridgehead atoms. The molecule has 2 rings (SSSR count). The first-order valence-corrected chi connectivity index (χ1v) is 12.3. The van der Waals surface area contributed by atoms with E-state index in [-0.39, 0.29) is 29.4 Å². The number of hydrogen-bond acceptors (Lipinski definition) is 4. The van der Waals surface area contributed by atoms with Gasteiger partial charge in [0, 0.05) is 29.7 Å². The topological polar surface area (TPSA) is 98.5 Å². The van der Waals surface area contributed by atoms with Crippen LogP contribution >= 0.6 is 0 Å². The molecule has 0 radical (unpaired) electrons. The summed E-state index contributed by atoms with van der Waals surface area (Å²) in [6.45, 7) is 12.4. The maximum absolute atomic E-state index is 13.3. The highest BCUT2D eigenvalue weighted by atomic mass is 16.5.